The number of anilines is 1. The lowest BCUT2D eigenvalue weighted by molar-refractivity contribution is -0.114. The molecule has 0 amide bonds. The Labute approximate surface area is 135 Å². The summed E-state index contributed by atoms with van der Waals surface area (Å²) in [6.07, 6.45) is 6.79. The summed E-state index contributed by atoms with van der Waals surface area (Å²) in [6, 6.07) is 6.60. The van der Waals surface area contributed by atoms with Gasteiger partial charge in [0.2, 0.25) is 0 Å². The minimum atomic E-state index is 0.346. The molecule has 0 saturated heterocycles. The van der Waals surface area contributed by atoms with Gasteiger partial charge in [0.1, 0.15) is 5.75 Å². The second kappa shape index (κ2) is 6.17. The molecule has 0 heterocycles. The molecule has 2 saturated carbocycles. The van der Waals surface area contributed by atoms with E-state index < -0.39 is 0 Å². The zero-order chi connectivity index (χ0) is 14.9. The number of rotatable bonds is 5. The number of methoxy groups -OCH3 is 1. The van der Waals surface area contributed by atoms with Gasteiger partial charge in [0.15, 0.2) is 0 Å². The number of hydrogen-bond acceptors (Lipinski definition) is 3. The van der Waals surface area contributed by atoms with Crippen molar-refractivity contribution in [2.75, 3.05) is 19.0 Å². The predicted octanol–water partition coefficient (Wildman–Crippen LogP) is 4.61. The highest BCUT2D eigenvalue weighted by molar-refractivity contribution is 9.10. The second-order valence-corrected chi connectivity index (χ2v) is 7.02. The number of benzene rings is 1. The van der Waals surface area contributed by atoms with E-state index in [1.165, 1.54) is 25.7 Å². The third-order valence-corrected chi connectivity index (χ3v) is 5.88. The molecular formula is C17H24BrNO2. The Morgan fingerprint density at radius 2 is 2.10 bits per heavy atom. The summed E-state index contributed by atoms with van der Waals surface area (Å²) < 4.78 is 12.4. The van der Waals surface area contributed by atoms with Gasteiger partial charge in [-0.2, -0.15) is 0 Å². The average molecular weight is 354 g/mol. The van der Waals surface area contributed by atoms with Crippen molar-refractivity contribution in [3.63, 3.8) is 0 Å². The number of halogens is 1. The van der Waals surface area contributed by atoms with Crippen LogP contribution in [0.15, 0.2) is 22.7 Å². The molecule has 0 aliphatic heterocycles. The topological polar surface area (TPSA) is 30.5 Å². The Morgan fingerprint density at radius 1 is 1.33 bits per heavy atom. The molecule has 116 valence electrons. The van der Waals surface area contributed by atoms with Crippen LogP contribution in [0.3, 0.4) is 0 Å². The highest BCUT2D eigenvalue weighted by Crippen LogP contribution is 2.55. The summed E-state index contributed by atoms with van der Waals surface area (Å²) in [6.45, 7) is 2.92. The van der Waals surface area contributed by atoms with Crippen molar-refractivity contribution in [1.82, 2.24) is 0 Å². The van der Waals surface area contributed by atoms with Crippen LogP contribution in [0, 0.1) is 5.41 Å². The molecule has 0 radical (unpaired) electrons. The van der Waals surface area contributed by atoms with E-state index in [0.717, 1.165) is 28.9 Å². The fourth-order valence-corrected chi connectivity index (χ4v) is 4.38. The predicted molar refractivity (Wildman–Crippen MR) is 89.0 cm³/mol. The number of nitrogens with one attached hydrogen (secondary N) is 1. The van der Waals surface area contributed by atoms with Gasteiger partial charge in [0.05, 0.1) is 18.9 Å². The maximum absolute atomic E-state index is 5.98. The molecular weight excluding hydrogens is 330 g/mol. The summed E-state index contributed by atoms with van der Waals surface area (Å²) in [5.74, 6) is 0.891. The molecule has 4 heteroatoms. The van der Waals surface area contributed by atoms with Crippen molar-refractivity contribution < 1.29 is 9.47 Å². The third-order valence-electron chi connectivity index (χ3n) is 5.19. The van der Waals surface area contributed by atoms with E-state index >= 15 is 0 Å². The van der Waals surface area contributed by atoms with Gasteiger partial charge in [0, 0.05) is 28.6 Å². The molecule has 1 spiro atoms. The number of ether oxygens (including phenoxy) is 2. The second-order valence-electron chi connectivity index (χ2n) is 6.16. The van der Waals surface area contributed by atoms with Gasteiger partial charge in [-0.1, -0.05) is 12.8 Å². The van der Waals surface area contributed by atoms with Crippen molar-refractivity contribution >= 4 is 21.6 Å². The lowest BCUT2D eigenvalue weighted by Crippen LogP contribution is -2.60. The minimum Gasteiger partial charge on any atom is -0.497 e. The molecule has 2 atom stereocenters. The van der Waals surface area contributed by atoms with Crippen molar-refractivity contribution in [1.29, 1.82) is 0 Å². The van der Waals surface area contributed by atoms with Gasteiger partial charge in [-0.25, -0.2) is 0 Å². The normalized spacial score (nSPS) is 26.6. The van der Waals surface area contributed by atoms with E-state index in [1.54, 1.807) is 7.11 Å². The smallest absolute Gasteiger partial charge is 0.121 e. The summed E-state index contributed by atoms with van der Waals surface area (Å²) in [5, 5.41) is 3.74. The Bertz CT molecular complexity index is 500. The van der Waals surface area contributed by atoms with Gasteiger partial charge >= 0.3 is 0 Å². The maximum atomic E-state index is 5.98. The fourth-order valence-electron chi connectivity index (χ4n) is 4.02. The van der Waals surface area contributed by atoms with Crippen molar-refractivity contribution in [2.45, 2.75) is 51.2 Å². The Morgan fingerprint density at radius 3 is 2.76 bits per heavy atom. The maximum Gasteiger partial charge on any atom is 0.121 e. The first kappa shape index (κ1) is 15.2. The highest BCUT2D eigenvalue weighted by atomic mass is 79.9. The van der Waals surface area contributed by atoms with E-state index in [2.05, 4.69) is 34.2 Å². The largest absolute Gasteiger partial charge is 0.497 e. The van der Waals surface area contributed by atoms with Crippen LogP contribution in [0.25, 0.3) is 0 Å². The molecule has 21 heavy (non-hydrogen) atoms. The molecule has 1 N–H and O–H groups in total. The zero-order valence-electron chi connectivity index (χ0n) is 12.8. The van der Waals surface area contributed by atoms with Gasteiger partial charge in [-0.3, -0.25) is 0 Å². The van der Waals surface area contributed by atoms with Crippen molar-refractivity contribution in [3.05, 3.63) is 22.7 Å². The van der Waals surface area contributed by atoms with Crippen LogP contribution < -0.4 is 10.1 Å². The third kappa shape index (κ3) is 2.68. The summed E-state index contributed by atoms with van der Waals surface area (Å²) in [7, 11) is 1.71. The van der Waals surface area contributed by atoms with E-state index in [4.69, 9.17) is 9.47 Å². The molecule has 0 aromatic heterocycles. The SMILES string of the molecule is CCOC1CC(Nc2cc(OC)ccc2Br)C12CCCC2. The number of hydrogen-bond donors (Lipinski definition) is 1. The van der Waals surface area contributed by atoms with Gasteiger partial charge in [0.25, 0.3) is 0 Å². The van der Waals surface area contributed by atoms with E-state index in [-0.39, 0.29) is 0 Å². The lowest BCUT2D eigenvalue weighted by atomic mass is 9.60. The Hall–Kier alpha value is -0.740. The molecule has 1 aromatic rings. The first-order valence-corrected chi connectivity index (χ1v) is 8.70. The van der Waals surface area contributed by atoms with Crippen LogP contribution in [0.1, 0.15) is 39.0 Å². The Balaban J connectivity index is 1.76. The minimum absolute atomic E-state index is 0.346. The standard InChI is InChI=1S/C17H24BrNO2/c1-3-21-16-11-15(17(16)8-4-5-9-17)19-14-10-12(20-2)6-7-13(14)18/h6-7,10,15-16,19H,3-5,8-9,11H2,1-2H3. The van der Waals surface area contributed by atoms with E-state index in [1.807, 2.05) is 12.1 Å². The molecule has 0 bridgehead atoms. The van der Waals surface area contributed by atoms with Gasteiger partial charge in [-0.15, -0.1) is 0 Å². The summed E-state index contributed by atoms with van der Waals surface area (Å²) in [5.41, 5.74) is 1.47. The van der Waals surface area contributed by atoms with Crippen molar-refractivity contribution in [3.8, 4) is 5.75 Å². The van der Waals surface area contributed by atoms with Crippen LogP contribution in [0.2, 0.25) is 0 Å². The Kier molecular flexibility index (Phi) is 4.46. The average Bonchev–Trinajstić information content (AvgIpc) is 3.00. The van der Waals surface area contributed by atoms with Crippen LogP contribution in [-0.2, 0) is 4.74 Å². The fraction of sp³-hybridized carbons (Fsp3) is 0.647. The van der Waals surface area contributed by atoms with E-state index in [0.29, 0.717) is 17.6 Å². The van der Waals surface area contributed by atoms with Crippen LogP contribution in [0.5, 0.6) is 5.75 Å². The lowest BCUT2D eigenvalue weighted by Gasteiger charge is -2.54. The van der Waals surface area contributed by atoms with Gasteiger partial charge < -0.3 is 14.8 Å². The quantitative estimate of drug-likeness (QED) is 0.838. The van der Waals surface area contributed by atoms with Gasteiger partial charge in [-0.05, 0) is 54.2 Å². The summed E-state index contributed by atoms with van der Waals surface area (Å²) in [4.78, 5) is 0. The molecule has 3 rings (SSSR count). The zero-order valence-corrected chi connectivity index (χ0v) is 14.4. The molecule has 3 nitrogen and oxygen atoms in total. The molecule has 2 aliphatic carbocycles. The first-order valence-electron chi connectivity index (χ1n) is 7.91. The highest BCUT2D eigenvalue weighted by Gasteiger charge is 2.56. The molecule has 1 aromatic carbocycles. The first-order chi connectivity index (χ1) is 10.2. The van der Waals surface area contributed by atoms with Crippen LogP contribution in [-0.4, -0.2) is 25.9 Å². The monoisotopic (exact) mass is 353 g/mol. The molecule has 2 fully saturated rings. The van der Waals surface area contributed by atoms with Crippen LogP contribution >= 0.6 is 15.9 Å². The molecule has 2 unspecified atom stereocenters. The van der Waals surface area contributed by atoms with Crippen LogP contribution in [0.4, 0.5) is 5.69 Å². The van der Waals surface area contributed by atoms with E-state index in [9.17, 15) is 0 Å². The summed E-state index contributed by atoms with van der Waals surface area (Å²) >= 11 is 3.63. The van der Waals surface area contributed by atoms with Crippen molar-refractivity contribution in [2.24, 2.45) is 5.41 Å². The molecule has 2 aliphatic rings.